The predicted octanol–water partition coefficient (Wildman–Crippen LogP) is 3.43. The number of nitrogens with zero attached hydrogens (tertiary/aromatic N) is 1. The topological polar surface area (TPSA) is 103 Å². The Morgan fingerprint density at radius 2 is 2.19 bits per heavy atom. The van der Waals surface area contributed by atoms with E-state index in [1.54, 1.807) is 6.92 Å². The van der Waals surface area contributed by atoms with Crippen LogP contribution in [0.3, 0.4) is 0 Å². The van der Waals surface area contributed by atoms with E-state index in [-0.39, 0.29) is 28.8 Å². The van der Waals surface area contributed by atoms with Gasteiger partial charge in [-0.05, 0) is 19.1 Å². The highest BCUT2D eigenvalue weighted by molar-refractivity contribution is 6.32. The molecule has 0 amide bonds. The Morgan fingerprint density at radius 1 is 1.48 bits per heavy atom. The number of furan rings is 1. The van der Waals surface area contributed by atoms with Crippen molar-refractivity contribution in [3.05, 3.63) is 56.5 Å². The number of aromatic carboxylic acids is 1. The van der Waals surface area contributed by atoms with Gasteiger partial charge in [-0.3, -0.25) is 10.1 Å². The number of aryl methyl sites for hydroxylation is 1. The van der Waals surface area contributed by atoms with E-state index < -0.39 is 10.9 Å². The van der Waals surface area contributed by atoms with E-state index in [0.717, 1.165) is 0 Å². The number of hydrogen-bond donors (Lipinski definition) is 1. The lowest BCUT2D eigenvalue weighted by atomic mass is 10.2. The van der Waals surface area contributed by atoms with E-state index >= 15 is 0 Å². The first-order valence-corrected chi connectivity index (χ1v) is 6.15. The monoisotopic (exact) mass is 311 g/mol. The summed E-state index contributed by atoms with van der Waals surface area (Å²) in [5.41, 5.74) is 0.375. The normalized spacial score (nSPS) is 10.4. The van der Waals surface area contributed by atoms with Gasteiger partial charge in [-0.2, -0.15) is 0 Å². The van der Waals surface area contributed by atoms with Crippen LogP contribution in [0.4, 0.5) is 5.69 Å². The third-order valence-electron chi connectivity index (χ3n) is 2.74. The van der Waals surface area contributed by atoms with Crippen molar-refractivity contribution in [3.63, 3.8) is 0 Å². The smallest absolute Gasteiger partial charge is 0.371 e. The second-order valence-corrected chi connectivity index (χ2v) is 4.56. The quantitative estimate of drug-likeness (QED) is 0.670. The second-order valence-electron chi connectivity index (χ2n) is 4.16. The molecule has 0 aliphatic carbocycles. The molecule has 0 radical (unpaired) electrons. The van der Waals surface area contributed by atoms with Crippen molar-refractivity contribution in [2.24, 2.45) is 0 Å². The number of hydrogen-bond acceptors (Lipinski definition) is 5. The molecule has 1 aromatic heterocycles. The maximum atomic E-state index is 10.8. The number of benzene rings is 1. The van der Waals surface area contributed by atoms with E-state index in [4.69, 9.17) is 25.9 Å². The Morgan fingerprint density at radius 3 is 2.76 bits per heavy atom. The van der Waals surface area contributed by atoms with Crippen LogP contribution in [0.25, 0.3) is 0 Å². The molecule has 1 heterocycles. The number of carboxylic acid groups (broad SMARTS) is 1. The summed E-state index contributed by atoms with van der Waals surface area (Å²) in [5, 5.41) is 19.7. The van der Waals surface area contributed by atoms with Gasteiger partial charge in [0, 0.05) is 11.6 Å². The molecule has 2 aromatic rings. The lowest BCUT2D eigenvalue weighted by molar-refractivity contribution is -0.384. The SMILES string of the molecule is Cc1oc(C(=O)O)cc1COc1cc([N+](=O)[O-])ccc1Cl. The van der Waals surface area contributed by atoms with Crippen LogP contribution in [0.5, 0.6) is 5.75 Å². The molecule has 0 atom stereocenters. The molecule has 0 fully saturated rings. The van der Waals surface area contributed by atoms with E-state index in [9.17, 15) is 14.9 Å². The van der Waals surface area contributed by atoms with Crippen molar-refractivity contribution in [2.45, 2.75) is 13.5 Å². The van der Waals surface area contributed by atoms with Gasteiger partial charge >= 0.3 is 5.97 Å². The first kappa shape index (κ1) is 14.9. The van der Waals surface area contributed by atoms with Crippen LogP contribution < -0.4 is 4.74 Å². The number of rotatable bonds is 5. The Hall–Kier alpha value is -2.54. The third kappa shape index (κ3) is 3.32. The molecule has 7 nitrogen and oxygen atoms in total. The van der Waals surface area contributed by atoms with Crippen molar-refractivity contribution in [3.8, 4) is 5.75 Å². The number of carbonyl (C=O) groups is 1. The molecule has 0 saturated heterocycles. The van der Waals surface area contributed by atoms with Crippen molar-refractivity contribution >= 4 is 23.3 Å². The molecule has 110 valence electrons. The Labute approximate surface area is 123 Å². The van der Waals surface area contributed by atoms with Gasteiger partial charge in [0.05, 0.1) is 16.0 Å². The Kier molecular flexibility index (Phi) is 4.13. The summed E-state index contributed by atoms with van der Waals surface area (Å²) in [7, 11) is 0. The second kappa shape index (κ2) is 5.84. The number of nitro groups is 1. The molecular weight excluding hydrogens is 302 g/mol. The molecule has 1 aromatic carbocycles. The van der Waals surface area contributed by atoms with E-state index in [2.05, 4.69) is 0 Å². The standard InChI is InChI=1S/C13H10ClNO6/c1-7-8(4-12(21-7)13(16)17)6-20-11-5-9(15(18)19)2-3-10(11)14/h2-5H,6H2,1H3,(H,16,17). The summed E-state index contributed by atoms with van der Waals surface area (Å²) < 4.78 is 10.4. The fraction of sp³-hybridized carbons (Fsp3) is 0.154. The minimum atomic E-state index is -1.18. The summed E-state index contributed by atoms with van der Waals surface area (Å²) in [6.07, 6.45) is 0. The summed E-state index contributed by atoms with van der Waals surface area (Å²) >= 11 is 5.90. The van der Waals surface area contributed by atoms with Crippen LogP contribution in [0.15, 0.2) is 28.7 Å². The average Bonchev–Trinajstić information content (AvgIpc) is 2.79. The molecule has 8 heteroatoms. The molecule has 0 aliphatic heterocycles. The van der Waals surface area contributed by atoms with Gasteiger partial charge in [-0.1, -0.05) is 11.6 Å². The zero-order chi connectivity index (χ0) is 15.6. The molecule has 0 spiro atoms. The summed E-state index contributed by atoms with van der Waals surface area (Å²) in [5.74, 6) is -0.841. The fourth-order valence-corrected chi connectivity index (χ4v) is 1.81. The maximum absolute atomic E-state index is 10.8. The fourth-order valence-electron chi connectivity index (χ4n) is 1.64. The maximum Gasteiger partial charge on any atom is 0.371 e. The van der Waals surface area contributed by atoms with E-state index in [1.165, 1.54) is 24.3 Å². The zero-order valence-electron chi connectivity index (χ0n) is 10.8. The number of halogens is 1. The molecule has 2 rings (SSSR count). The van der Waals surface area contributed by atoms with E-state index in [1.807, 2.05) is 0 Å². The summed E-state index contributed by atoms with van der Waals surface area (Å²) in [4.78, 5) is 20.9. The highest BCUT2D eigenvalue weighted by atomic mass is 35.5. The average molecular weight is 312 g/mol. The lowest BCUT2D eigenvalue weighted by Crippen LogP contribution is -1.97. The van der Waals surface area contributed by atoms with Gasteiger partial charge in [-0.15, -0.1) is 0 Å². The minimum Gasteiger partial charge on any atom is -0.487 e. The highest BCUT2D eigenvalue weighted by Crippen LogP contribution is 2.30. The molecular formula is C13H10ClNO6. The molecule has 0 bridgehead atoms. The van der Waals surface area contributed by atoms with Crippen LogP contribution in [0, 0.1) is 17.0 Å². The molecule has 1 N–H and O–H groups in total. The van der Waals surface area contributed by atoms with Gasteiger partial charge in [0.25, 0.3) is 5.69 Å². The summed E-state index contributed by atoms with van der Waals surface area (Å²) in [6, 6.07) is 5.17. The largest absolute Gasteiger partial charge is 0.487 e. The number of non-ortho nitro benzene ring substituents is 1. The Bertz CT molecular complexity index is 709. The number of carboxylic acids is 1. The van der Waals surface area contributed by atoms with Crippen LogP contribution in [0.1, 0.15) is 21.9 Å². The van der Waals surface area contributed by atoms with Gasteiger partial charge in [-0.25, -0.2) is 4.79 Å². The third-order valence-corrected chi connectivity index (χ3v) is 3.05. The van der Waals surface area contributed by atoms with Crippen LogP contribution >= 0.6 is 11.6 Å². The van der Waals surface area contributed by atoms with Crippen molar-refractivity contribution in [1.82, 2.24) is 0 Å². The lowest BCUT2D eigenvalue weighted by Gasteiger charge is -2.07. The van der Waals surface area contributed by atoms with Crippen LogP contribution in [-0.2, 0) is 6.61 Å². The van der Waals surface area contributed by atoms with Gasteiger partial charge in [0.15, 0.2) is 0 Å². The molecule has 21 heavy (non-hydrogen) atoms. The highest BCUT2D eigenvalue weighted by Gasteiger charge is 2.15. The van der Waals surface area contributed by atoms with Crippen molar-refractivity contribution < 1.29 is 24.0 Å². The van der Waals surface area contributed by atoms with Crippen molar-refractivity contribution in [1.29, 1.82) is 0 Å². The van der Waals surface area contributed by atoms with Crippen LogP contribution in [-0.4, -0.2) is 16.0 Å². The molecule has 0 unspecified atom stereocenters. The van der Waals surface area contributed by atoms with Crippen molar-refractivity contribution in [2.75, 3.05) is 0 Å². The van der Waals surface area contributed by atoms with Gasteiger partial charge in [0.1, 0.15) is 18.1 Å². The summed E-state index contributed by atoms with van der Waals surface area (Å²) in [6.45, 7) is 1.59. The predicted molar refractivity (Wildman–Crippen MR) is 72.8 cm³/mol. The zero-order valence-corrected chi connectivity index (χ0v) is 11.6. The van der Waals surface area contributed by atoms with E-state index in [0.29, 0.717) is 11.3 Å². The van der Waals surface area contributed by atoms with Crippen LogP contribution in [0.2, 0.25) is 5.02 Å². The number of ether oxygens (including phenoxy) is 1. The molecule has 0 saturated carbocycles. The number of nitro benzene ring substituents is 1. The van der Waals surface area contributed by atoms with Gasteiger partial charge in [0.2, 0.25) is 5.76 Å². The molecule has 0 aliphatic rings. The Balaban J connectivity index is 2.18. The first-order chi connectivity index (χ1) is 9.88. The first-order valence-electron chi connectivity index (χ1n) is 5.78. The van der Waals surface area contributed by atoms with Gasteiger partial charge < -0.3 is 14.3 Å². The minimum absolute atomic E-state index is 0.0104.